The zero-order chi connectivity index (χ0) is 6.69. The lowest BCUT2D eigenvalue weighted by Crippen LogP contribution is -2.19. The van der Waals surface area contributed by atoms with Crippen molar-refractivity contribution in [2.45, 2.75) is 18.9 Å². The van der Waals surface area contributed by atoms with Crippen molar-refractivity contribution >= 4 is 16.8 Å². The SMILES string of the molecule is O=C(Cl)C1CCC=CO1. The fraction of sp³-hybridized carbons (Fsp3) is 0.500. The van der Waals surface area contributed by atoms with Crippen LogP contribution in [0.4, 0.5) is 0 Å². The average molecular weight is 147 g/mol. The molecule has 0 fully saturated rings. The molecule has 0 N–H and O–H groups in total. The van der Waals surface area contributed by atoms with Crippen LogP contribution in [0.15, 0.2) is 12.3 Å². The summed E-state index contributed by atoms with van der Waals surface area (Å²) in [6.45, 7) is 0. The molecule has 0 spiro atoms. The Hall–Kier alpha value is -0.500. The zero-order valence-electron chi connectivity index (χ0n) is 4.84. The standard InChI is InChI=1S/C6H7ClO2/c7-6(8)5-3-1-2-4-9-5/h2,4-5H,1,3H2. The van der Waals surface area contributed by atoms with Crippen LogP contribution in [0.25, 0.3) is 0 Å². The summed E-state index contributed by atoms with van der Waals surface area (Å²) in [5, 5.41) is -0.403. The number of hydrogen-bond acceptors (Lipinski definition) is 2. The van der Waals surface area contributed by atoms with Gasteiger partial charge in [-0.15, -0.1) is 0 Å². The minimum Gasteiger partial charge on any atom is -0.489 e. The molecular weight excluding hydrogens is 140 g/mol. The van der Waals surface area contributed by atoms with Gasteiger partial charge in [-0.3, -0.25) is 4.79 Å². The Labute approximate surface area is 58.4 Å². The maximum atomic E-state index is 10.4. The molecule has 50 valence electrons. The first-order valence-corrected chi connectivity index (χ1v) is 3.18. The molecule has 1 aliphatic heterocycles. The summed E-state index contributed by atoms with van der Waals surface area (Å²) in [6.07, 6.45) is 4.57. The molecular formula is C6H7ClO2. The Morgan fingerprint density at radius 3 is 2.89 bits per heavy atom. The Kier molecular flexibility index (Phi) is 2.11. The highest BCUT2D eigenvalue weighted by molar-refractivity contribution is 6.64. The predicted octanol–water partition coefficient (Wildman–Crippen LogP) is 1.44. The Morgan fingerprint density at radius 1 is 1.78 bits per heavy atom. The molecule has 1 atom stereocenters. The maximum Gasteiger partial charge on any atom is 0.262 e. The van der Waals surface area contributed by atoms with Crippen LogP contribution in [0.5, 0.6) is 0 Å². The van der Waals surface area contributed by atoms with E-state index in [0.717, 1.165) is 6.42 Å². The third-order valence-corrected chi connectivity index (χ3v) is 1.43. The van der Waals surface area contributed by atoms with E-state index in [0.29, 0.717) is 6.42 Å². The van der Waals surface area contributed by atoms with Gasteiger partial charge in [0.2, 0.25) is 0 Å². The van der Waals surface area contributed by atoms with Crippen LogP contribution in [-0.4, -0.2) is 11.3 Å². The average Bonchev–Trinajstić information content (AvgIpc) is 1.90. The summed E-state index contributed by atoms with van der Waals surface area (Å²) in [5.74, 6) is 0. The van der Waals surface area contributed by atoms with Gasteiger partial charge in [0.25, 0.3) is 5.24 Å². The van der Waals surface area contributed by atoms with Crippen molar-refractivity contribution in [1.29, 1.82) is 0 Å². The first kappa shape index (κ1) is 6.62. The number of carbonyl (C=O) groups excluding carboxylic acids is 1. The summed E-state index contributed by atoms with van der Waals surface area (Å²) in [6, 6.07) is 0. The highest BCUT2D eigenvalue weighted by Crippen LogP contribution is 2.11. The van der Waals surface area contributed by atoms with E-state index in [-0.39, 0.29) is 0 Å². The summed E-state index contributed by atoms with van der Waals surface area (Å²) >= 11 is 5.16. The Bertz CT molecular complexity index is 142. The molecule has 0 aromatic heterocycles. The van der Waals surface area contributed by atoms with E-state index in [1.807, 2.05) is 6.08 Å². The van der Waals surface area contributed by atoms with Crippen molar-refractivity contribution in [3.63, 3.8) is 0 Å². The molecule has 1 unspecified atom stereocenters. The van der Waals surface area contributed by atoms with Crippen LogP contribution < -0.4 is 0 Å². The quantitative estimate of drug-likeness (QED) is 0.524. The van der Waals surface area contributed by atoms with Crippen molar-refractivity contribution in [2.24, 2.45) is 0 Å². The normalized spacial score (nSPS) is 25.2. The van der Waals surface area contributed by atoms with Gasteiger partial charge in [0, 0.05) is 0 Å². The summed E-state index contributed by atoms with van der Waals surface area (Å²) in [5.41, 5.74) is 0. The molecule has 1 aliphatic rings. The molecule has 0 bridgehead atoms. The molecule has 1 heterocycles. The van der Waals surface area contributed by atoms with Gasteiger partial charge in [-0.25, -0.2) is 0 Å². The summed E-state index contributed by atoms with van der Waals surface area (Å²) in [7, 11) is 0. The Balaban J connectivity index is 2.44. The van der Waals surface area contributed by atoms with Crippen LogP contribution in [-0.2, 0) is 9.53 Å². The van der Waals surface area contributed by atoms with E-state index in [9.17, 15) is 4.79 Å². The molecule has 0 radical (unpaired) electrons. The molecule has 3 heteroatoms. The minimum atomic E-state index is -0.406. The topological polar surface area (TPSA) is 26.3 Å². The predicted molar refractivity (Wildman–Crippen MR) is 34.1 cm³/mol. The second-order valence-electron chi connectivity index (χ2n) is 1.88. The van der Waals surface area contributed by atoms with Crippen molar-refractivity contribution < 1.29 is 9.53 Å². The fourth-order valence-corrected chi connectivity index (χ4v) is 0.862. The van der Waals surface area contributed by atoms with Gasteiger partial charge in [0.15, 0.2) is 6.10 Å². The van der Waals surface area contributed by atoms with Gasteiger partial charge in [0.1, 0.15) is 0 Å². The second-order valence-corrected chi connectivity index (χ2v) is 2.25. The summed E-state index contributed by atoms with van der Waals surface area (Å²) in [4.78, 5) is 10.4. The van der Waals surface area contributed by atoms with E-state index in [1.165, 1.54) is 6.26 Å². The highest BCUT2D eigenvalue weighted by atomic mass is 35.5. The summed E-state index contributed by atoms with van der Waals surface area (Å²) < 4.78 is 4.88. The van der Waals surface area contributed by atoms with E-state index < -0.39 is 11.3 Å². The van der Waals surface area contributed by atoms with Gasteiger partial charge in [-0.2, -0.15) is 0 Å². The van der Waals surface area contributed by atoms with Crippen LogP contribution in [0.3, 0.4) is 0 Å². The first-order valence-electron chi connectivity index (χ1n) is 2.80. The number of allylic oxidation sites excluding steroid dienone is 1. The number of ether oxygens (including phenoxy) is 1. The lowest BCUT2D eigenvalue weighted by molar-refractivity contribution is -0.120. The van der Waals surface area contributed by atoms with Gasteiger partial charge in [-0.05, 0) is 30.5 Å². The fourth-order valence-electron chi connectivity index (χ4n) is 0.701. The molecule has 1 rings (SSSR count). The zero-order valence-corrected chi connectivity index (χ0v) is 5.60. The molecule has 9 heavy (non-hydrogen) atoms. The molecule has 0 saturated carbocycles. The third-order valence-electron chi connectivity index (χ3n) is 1.19. The highest BCUT2D eigenvalue weighted by Gasteiger charge is 2.16. The first-order chi connectivity index (χ1) is 4.30. The van der Waals surface area contributed by atoms with E-state index >= 15 is 0 Å². The van der Waals surface area contributed by atoms with Crippen molar-refractivity contribution in [3.05, 3.63) is 12.3 Å². The van der Waals surface area contributed by atoms with Gasteiger partial charge < -0.3 is 4.74 Å². The number of carbonyl (C=O) groups is 1. The van der Waals surface area contributed by atoms with Gasteiger partial charge >= 0.3 is 0 Å². The lowest BCUT2D eigenvalue weighted by atomic mass is 10.2. The lowest BCUT2D eigenvalue weighted by Gasteiger charge is -2.13. The Morgan fingerprint density at radius 2 is 2.56 bits per heavy atom. The monoisotopic (exact) mass is 146 g/mol. The van der Waals surface area contributed by atoms with Gasteiger partial charge in [0.05, 0.1) is 6.26 Å². The van der Waals surface area contributed by atoms with Crippen LogP contribution in [0.2, 0.25) is 0 Å². The molecule has 0 saturated heterocycles. The molecule has 0 amide bonds. The van der Waals surface area contributed by atoms with Crippen molar-refractivity contribution in [3.8, 4) is 0 Å². The van der Waals surface area contributed by atoms with E-state index in [2.05, 4.69) is 0 Å². The largest absolute Gasteiger partial charge is 0.489 e. The van der Waals surface area contributed by atoms with Gasteiger partial charge in [-0.1, -0.05) is 0 Å². The van der Waals surface area contributed by atoms with E-state index in [4.69, 9.17) is 16.3 Å². The number of halogens is 1. The molecule has 2 nitrogen and oxygen atoms in total. The smallest absolute Gasteiger partial charge is 0.262 e. The van der Waals surface area contributed by atoms with E-state index in [1.54, 1.807) is 0 Å². The second kappa shape index (κ2) is 2.87. The van der Waals surface area contributed by atoms with Crippen molar-refractivity contribution in [1.82, 2.24) is 0 Å². The number of hydrogen-bond donors (Lipinski definition) is 0. The number of rotatable bonds is 1. The molecule has 0 aromatic carbocycles. The van der Waals surface area contributed by atoms with Crippen molar-refractivity contribution in [2.75, 3.05) is 0 Å². The van der Waals surface area contributed by atoms with Crippen LogP contribution >= 0.6 is 11.6 Å². The van der Waals surface area contributed by atoms with Crippen LogP contribution in [0.1, 0.15) is 12.8 Å². The molecule has 0 aliphatic carbocycles. The third kappa shape index (κ3) is 1.72. The van der Waals surface area contributed by atoms with Crippen LogP contribution in [0, 0.1) is 0 Å². The minimum absolute atomic E-state index is 0.403. The molecule has 0 aromatic rings. The maximum absolute atomic E-state index is 10.4.